The zero-order chi connectivity index (χ0) is 13.2. The van der Waals surface area contributed by atoms with E-state index >= 15 is 0 Å². The molecule has 0 radical (unpaired) electrons. The van der Waals surface area contributed by atoms with E-state index in [-0.39, 0.29) is 12.0 Å². The van der Waals surface area contributed by atoms with Gasteiger partial charge in [-0.15, -0.1) is 11.8 Å². The fourth-order valence-corrected chi connectivity index (χ4v) is 3.71. The van der Waals surface area contributed by atoms with Gasteiger partial charge in [0.2, 0.25) is 5.91 Å². The van der Waals surface area contributed by atoms with Crippen molar-refractivity contribution >= 4 is 17.7 Å². The lowest BCUT2D eigenvalue weighted by molar-refractivity contribution is -0.127. The van der Waals surface area contributed by atoms with Gasteiger partial charge in [-0.3, -0.25) is 4.79 Å². The minimum atomic E-state index is -0.325. The predicted octanol–water partition coefficient (Wildman–Crippen LogP) is 1.86. The first-order chi connectivity index (χ1) is 9.22. The number of rotatable bonds is 3. The first kappa shape index (κ1) is 13.0. The number of carbonyl (C=O) groups is 1. The molecule has 1 aliphatic heterocycles. The number of likely N-dealkylation sites (tertiary alicyclic amines) is 1. The van der Waals surface area contributed by atoms with Gasteiger partial charge in [0.15, 0.2) is 0 Å². The number of aryl methyl sites for hydroxylation is 2. The second-order valence-corrected chi connectivity index (χ2v) is 6.40. The highest BCUT2D eigenvalue weighted by molar-refractivity contribution is 8.00. The Balaban J connectivity index is 1.56. The molecule has 1 aromatic carbocycles. The van der Waals surface area contributed by atoms with E-state index in [0.29, 0.717) is 18.8 Å². The highest BCUT2D eigenvalue weighted by Gasteiger charge is 2.24. The largest absolute Gasteiger partial charge is 0.391 e. The molecule has 1 aromatic rings. The number of carbonyl (C=O) groups excluding carboxylic acids is 1. The summed E-state index contributed by atoms with van der Waals surface area (Å²) >= 11 is 1.61. The average molecular weight is 277 g/mol. The predicted molar refractivity (Wildman–Crippen MR) is 76.4 cm³/mol. The lowest BCUT2D eigenvalue weighted by atomic mass is 10.1. The Kier molecular flexibility index (Phi) is 3.80. The molecule has 3 rings (SSSR count). The van der Waals surface area contributed by atoms with Crippen LogP contribution in [0.4, 0.5) is 0 Å². The molecule has 102 valence electrons. The lowest BCUT2D eigenvalue weighted by Gasteiger charge is -2.15. The van der Waals surface area contributed by atoms with Gasteiger partial charge < -0.3 is 10.0 Å². The molecule has 1 atom stereocenters. The van der Waals surface area contributed by atoms with E-state index in [0.717, 1.165) is 6.42 Å². The van der Waals surface area contributed by atoms with Gasteiger partial charge in [0, 0.05) is 18.0 Å². The van der Waals surface area contributed by atoms with Crippen molar-refractivity contribution in [3.8, 4) is 0 Å². The van der Waals surface area contributed by atoms with Crippen molar-refractivity contribution in [2.24, 2.45) is 0 Å². The molecule has 1 saturated heterocycles. The number of nitrogens with zero attached hydrogens (tertiary/aromatic N) is 1. The van der Waals surface area contributed by atoms with Crippen molar-refractivity contribution in [1.82, 2.24) is 4.90 Å². The van der Waals surface area contributed by atoms with Gasteiger partial charge >= 0.3 is 0 Å². The Bertz CT molecular complexity index is 489. The quantitative estimate of drug-likeness (QED) is 0.857. The molecule has 1 N–H and O–H groups in total. The summed E-state index contributed by atoms with van der Waals surface area (Å²) in [6.07, 6.45) is 4.03. The number of hydrogen-bond acceptors (Lipinski definition) is 3. The number of thioether (sulfide) groups is 1. The van der Waals surface area contributed by atoms with E-state index in [4.69, 9.17) is 0 Å². The topological polar surface area (TPSA) is 40.5 Å². The minimum absolute atomic E-state index is 0.141. The third-order valence-corrected chi connectivity index (χ3v) is 4.93. The molecule has 0 spiro atoms. The van der Waals surface area contributed by atoms with Gasteiger partial charge in [0.1, 0.15) is 0 Å². The molecule has 0 aromatic heterocycles. The Morgan fingerprint density at radius 1 is 1.37 bits per heavy atom. The number of benzene rings is 1. The second kappa shape index (κ2) is 5.55. The molecule has 2 aliphatic rings. The molecule has 0 bridgehead atoms. The Hall–Kier alpha value is -1.00. The first-order valence-electron chi connectivity index (χ1n) is 6.93. The van der Waals surface area contributed by atoms with E-state index in [1.807, 2.05) is 0 Å². The van der Waals surface area contributed by atoms with Gasteiger partial charge in [0.25, 0.3) is 0 Å². The number of fused-ring (bicyclic) bond motifs is 1. The zero-order valence-corrected chi connectivity index (χ0v) is 11.8. The van der Waals surface area contributed by atoms with Gasteiger partial charge in [-0.05, 0) is 48.9 Å². The molecule has 1 heterocycles. The summed E-state index contributed by atoms with van der Waals surface area (Å²) in [4.78, 5) is 14.9. The molecule has 19 heavy (non-hydrogen) atoms. The van der Waals surface area contributed by atoms with E-state index in [1.54, 1.807) is 16.7 Å². The van der Waals surface area contributed by atoms with E-state index in [2.05, 4.69) is 18.2 Å². The Labute approximate surface area is 118 Å². The molecular formula is C15H19NO2S. The second-order valence-electron chi connectivity index (χ2n) is 5.35. The maximum absolute atomic E-state index is 12.0. The van der Waals surface area contributed by atoms with Gasteiger partial charge in [-0.25, -0.2) is 0 Å². The van der Waals surface area contributed by atoms with Crippen molar-refractivity contribution in [2.45, 2.75) is 36.7 Å². The van der Waals surface area contributed by atoms with Gasteiger partial charge in [0.05, 0.1) is 11.9 Å². The third-order valence-electron chi connectivity index (χ3n) is 3.95. The third kappa shape index (κ3) is 2.95. The van der Waals surface area contributed by atoms with Crippen LogP contribution < -0.4 is 0 Å². The van der Waals surface area contributed by atoms with Crippen LogP contribution in [0.15, 0.2) is 23.1 Å². The van der Waals surface area contributed by atoms with Crippen LogP contribution in [0, 0.1) is 0 Å². The summed E-state index contributed by atoms with van der Waals surface area (Å²) in [7, 11) is 0. The fourth-order valence-electron chi connectivity index (χ4n) is 2.84. The van der Waals surface area contributed by atoms with Crippen LogP contribution in [0.2, 0.25) is 0 Å². The highest BCUT2D eigenvalue weighted by atomic mass is 32.2. The van der Waals surface area contributed by atoms with Gasteiger partial charge in [-0.2, -0.15) is 0 Å². The zero-order valence-electron chi connectivity index (χ0n) is 11.0. The minimum Gasteiger partial charge on any atom is -0.391 e. The normalized spacial score (nSPS) is 21.7. The number of aliphatic hydroxyl groups is 1. The van der Waals surface area contributed by atoms with Crippen LogP contribution in [0.1, 0.15) is 24.0 Å². The van der Waals surface area contributed by atoms with Crippen LogP contribution in [0.5, 0.6) is 0 Å². The summed E-state index contributed by atoms with van der Waals surface area (Å²) in [5.74, 6) is 0.618. The highest BCUT2D eigenvalue weighted by Crippen LogP contribution is 2.27. The Morgan fingerprint density at radius 3 is 3.00 bits per heavy atom. The smallest absolute Gasteiger partial charge is 0.233 e. The Morgan fingerprint density at radius 2 is 2.21 bits per heavy atom. The van der Waals surface area contributed by atoms with E-state index in [1.165, 1.54) is 35.3 Å². The first-order valence-corrected chi connectivity index (χ1v) is 7.91. The van der Waals surface area contributed by atoms with Crippen LogP contribution in [0.25, 0.3) is 0 Å². The van der Waals surface area contributed by atoms with Crippen molar-refractivity contribution in [3.63, 3.8) is 0 Å². The molecule has 0 saturated carbocycles. The summed E-state index contributed by atoms with van der Waals surface area (Å²) in [6, 6.07) is 6.56. The summed E-state index contributed by atoms with van der Waals surface area (Å²) in [5.41, 5.74) is 2.92. The molecule has 1 unspecified atom stereocenters. The number of β-amino-alcohol motifs (C(OH)–C–C–N with tert-alkyl or cyclic N) is 1. The average Bonchev–Trinajstić information content (AvgIpc) is 3.03. The van der Waals surface area contributed by atoms with E-state index < -0.39 is 0 Å². The maximum Gasteiger partial charge on any atom is 0.233 e. The van der Waals surface area contributed by atoms with Crippen molar-refractivity contribution in [2.75, 3.05) is 18.8 Å². The van der Waals surface area contributed by atoms with Crippen LogP contribution >= 0.6 is 11.8 Å². The van der Waals surface area contributed by atoms with Gasteiger partial charge in [-0.1, -0.05) is 6.07 Å². The summed E-state index contributed by atoms with van der Waals surface area (Å²) in [6.45, 7) is 1.20. The molecule has 3 nitrogen and oxygen atoms in total. The molecular weight excluding hydrogens is 258 g/mol. The SMILES string of the molecule is O=C(CSc1ccc2c(c1)CCC2)N1CCC(O)C1. The number of hydrogen-bond donors (Lipinski definition) is 1. The molecule has 1 amide bonds. The monoisotopic (exact) mass is 277 g/mol. The number of amides is 1. The van der Waals surface area contributed by atoms with E-state index in [9.17, 15) is 9.90 Å². The van der Waals surface area contributed by atoms with Crippen molar-refractivity contribution < 1.29 is 9.90 Å². The van der Waals surface area contributed by atoms with Crippen LogP contribution in [-0.4, -0.2) is 40.9 Å². The molecule has 4 heteroatoms. The standard InChI is InChI=1S/C15H19NO2S/c17-13-6-7-16(9-13)15(18)10-19-14-5-4-11-2-1-3-12(11)8-14/h4-5,8,13,17H,1-3,6-7,9-10H2. The van der Waals surface area contributed by atoms with Crippen molar-refractivity contribution in [3.05, 3.63) is 29.3 Å². The maximum atomic E-state index is 12.0. The van der Waals surface area contributed by atoms with Crippen LogP contribution in [0.3, 0.4) is 0 Å². The number of aliphatic hydroxyl groups excluding tert-OH is 1. The lowest BCUT2D eigenvalue weighted by Crippen LogP contribution is -2.30. The van der Waals surface area contributed by atoms with Crippen molar-refractivity contribution in [1.29, 1.82) is 0 Å². The molecule has 1 fully saturated rings. The fraction of sp³-hybridized carbons (Fsp3) is 0.533. The summed E-state index contributed by atoms with van der Waals surface area (Å²) in [5, 5.41) is 9.44. The van der Waals surface area contributed by atoms with Crippen LogP contribution in [-0.2, 0) is 17.6 Å². The summed E-state index contributed by atoms with van der Waals surface area (Å²) < 4.78 is 0. The molecule has 1 aliphatic carbocycles.